The van der Waals surface area contributed by atoms with E-state index in [-0.39, 0.29) is 0 Å². The van der Waals surface area contributed by atoms with Gasteiger partial charge in [0.1, 0.15) is 0 Å². The molecule has 0 saturated heterocycles. The predicted molar refractivity (Wildman–Crippen MR) is 70.1 cm³/mol. The molecule has 3 heteroatoms. The van der Waals surface area contributed by atoms with E-state index in [1.54, 1.807) is 0 Å². The van der Waals surface area contributed by atoms with Crippen LogP contribution in [0.1, 0.15) is 19.4 Å². The van der Waals surface area contributed by atoms with Crippen LogP contribution < -0.4 is 5.32 Å². The topological polar surface area (TPSA) is 12.0 Å². The number of halogens is 1. The minimum absolute atomic E-state index is 0.594. The van der Waals surface area contributed by atoms with E-state index in [0.717, 1.165) is 18.0 Å². The summed E-state index contributed by atoms with van der Waals surface area (Å²) in [6.45, 7) is 5.37. The van der Waals surface area contributed by atoms with Gasteiger partial charge in [0.2, 0.25) is 0 Å². The quantitative estimate of drug-likeness (QED) is 0.794. The van der Waals surface area contributed by atoms with Crippen LogP contribution in [0.15, 0.2) is 23.1 Å². The number of likely N-dealkylation sites (N-methyl/N-ethyl adjacent to an activating group) is 1. The fourth-order valence-electron chi connectivity index (χ4n) is 1.40. The largest absolute Gasteiger partial charge is 0.319 e. The van der Waals surface area contributed by atoms with Crippen LogP contribution >= 0.6 is 23.4 Å². The third kappa shape index (κ3) is 4.06. The van der Waals surface area contributed by atoms with Gasteiger partial charge in [-0.15, -0.1) is 11.8 Å². The van der Waals surface area contributed by atoms with Crippen molar-refractivity contribution in [2.24, 2.45) is 0 Å². The van der Waals surface area contributed by atoms with E-state index >= 15 is 0 Å². The van der Waals surface area contributed by atoms with Gasteiger partial charge in [0.25, 0.3) is 0 Å². The minimum atomic E-state index is 0.594. The standard InChI is InChI=1S/C12H18ClNS/c1-9(2)15-12-6-4-5-11(13)10(12)7-8-14-3/h4-6,9,14H,7-8H2,1-3H3. The van der Waals surface area contributed by atoms with Gasteiger partial charge in [-0.1, -0.05) is 31.5 Å². The van der Waals surface area contributed by atoms with Crippen molar-refractivity contribution in [2.75, 3.05) is 13.6 Å². The third-order valence-corrected chi connectivity index (χ3v) is 3.53. The molecule has 0 aliphatic rings. The molecule has 0 radical (unpaired) electrons. The molecule has 0 aliphatic heterocycles. The summed E-state index contributed by atoms with van der Waals surface area (Å²) in [5.74, 6) is 0. The summed E-state index contributed by atoms with van der Waals surface area (Å²) in [4.78, 5) is 1.31. The first-order valence-corrected chi connectivity index (χ1v) is 6.49. The average Bonchev–Trinajstić information content (AvgIpc) is 2.16. The van der Waals surface area contributed by atoms with Crippen molar-refractivity contribution in [1.29, 1.82) is 0 Å². The summed E-state index contributed by atoms with van der Waals surface area (Å²) in [6, 6.07) is 6.15. The van der Waals surface area contributed by atoms with Crippen molar-refractivity contribution in [3.8, 4) is 0 Å². The summed E-state index contributed by atoms with van der Waals surface area (Å²) in [7, 11) is 1.96. The van der Waals surface area contributed by atoms with E-state index < -0.39 is 0 Å². The molecule has 0 atom stereocenters. The highest BCUT2D eigenvalue weighted by Gasteiger charge is 2.08. The predicted octanol–water partition coefficient (Wildman–Crippen LogP) is 3.60. The Morgan fingerprint density at radius 3 is 2.73 bits per heavy atom. The SMILES string of the molecule is CNCCc1c(Cl)cccc1SC(C)C. The van der Waals surface area contributed by atoms with Crippen LogP contribution in [0.3, 0.4) is 0 Å². The molecule has 0 bridgehead atoms. The molecule has 15 heavy (non-hydrogen) atoms. The molecule has 0 aliphatic carbocycles. The number of thioether (sulfide) groups is 1. The molecule has 1 aromatic rings. The third-order valence-electron chi connectivity index (χ3n) is 2.06. The lowest BCUT2D eigenvalue weighted by Gasteiger charge is -2.12. The van der Waals surface area contributed by atoms with Crippen molar-refractivity contribution in [1.82, 2.24) is 5.32 Å². The second-order valence-electron chi connectivity index (χ2n) is 3.74. The van der Waals surface area contributed by atoms with Gasteiger partial charge in [-0.2, -0.15) is 0 Å². The van der Waals surface area contributed by atoms with Crippen LogP contribution in [0.4, 0.5) is 0 Å². The zero-order valence-corrected chi connectivity index (χ0v) is 11.1. The van der Waals surface area contributed by atoms with Gasteiger partial charge in [-0.05, 0) is 37.7 Å². The van der Waals surface area contributed by atoms with E-state index in [9.17, 15) is 0 Å². The summed E-state index contributed by atoms with van der Waals surface area (Å²) in [6.07, 6.45) is 0.991. The van der Waals surface area contributed by atoms with Crippen LogP contribution in [0, 0.1) is 0 Å². The Morgan fingerprint density at radius 1 is 1.40 bits per heavy atom. The molecule has 0 unspecified atom stereocenters. The summed E-state index contributed by atoms with van der Waals surface area (Å²) in [5, 5.41) is 4.64. The maximum Gasteiger partial charge on any atom is 0.0449 e. The van der Waals surface area contributed by atoms with Gasteiger partial charge < -0.3 is 5.32 Å². The van der Waals surface area contributed by atoms with Gasteiger partial charge >= 0.3 is 0 Å². The first-order valence-electron chi connectivity index (χ1n) is 5.23. The van der Waals surface area contributed by atoms with Crippen LogP contribution in [0.2, 0.25) is 5.02 Å². The summed E-state index contributed by atoms with van der Waals surface area (Å²) >= 11 is 8.08. The van der Waals surface area contributed by atoms with E-state index in [0.29, 0.717) is 5.25 Å². The van der Waals surface area contributed by atoms with Crippen molar-refractivity contribution >= 4 is 23.4 Å². The van der Waals surface area contributed by atoms with Gasteiger partial charge in [0.15, 0.2) is 0 Å². The molecule has 84 valence electrons. The Balaban J connectivity index is 2.87. The van der Waals surface area contributed by atoms with Crippen LogP contribution in [-0.2, 0) is 6.42 Å². The molecule has 0 heterocycles. The highest BCUT2D eigenvalue weighted by molar-refractivity contribution is 8.00. The molecular formula is C12H18ClNS. The van der Waals surface area contributed by atoms with E-state index in [1.165, 1.54) is 10.5 Å². The normalized spacial score (nSPS) is 11.0. The Kier molecular flexibility index (Phi) is 5.51. The second kappa shape index (κ2) is 6.41. The van der Waals surface area contributed by atoms with Crippen molar-refractivity contribution in [3.63, 3.8) is 0 Å². The Hall–Kier alpha value is -0.180. The molecule has 1 N–H and O–H groups in total. The van der Waals surface area contributed by atoms with Crippen LogP contribution in [-0.4, -0.2) is 18.8 Å². The number of nitrogens with one attached hydrogen (secondary N) is 1. The monoisotopic (exact) mass is 243 g/mol. The second-order valence-corrected chi connectivity index (χ2v) is 5.76. The molecule has 0 saturated carbocycles. The van der Waals surface area contributed by atoms with Gasteiger partial charge in [0, 0.05) is 15.2 Å². The molecule has 0 amide bonds. The molecule has 1 nitrogen and oxygen atoms in total. The number of hydrogen-bond donors (Lipinski definition) is 1. The average molecular weight is 244 g/mol. The molecular weight excluding hydrogens is 226 g/mol. The zero-order valence-electron chi connectivity index (χ0n) is 9.51. The first-order chi connectivity index (χ1) is 7.15. The molecule has 0 spiro atoms. The minimum Gasteiger partial charge on any atom is -0.319 e. The highest BCUT2D eigenvalue weighted by atomic mass is 35.5. The number of rotatable bonds is 5. The fourth-order valence-corrected chi connectivity index (χ4v) is 2.74. The maximum absolute atomic E-state index is 6.21. The zero-order chi connectivity index (χ0) is 11.3. The first kappa shape index (κ1) is 12.9. The summed E-state index contributed by atoms with van der Waals surface area (Å²) < 4.78 is 0. The number of hydrogen-bond acceptors (Lipinski definition) is 2. The molecule has 1 aromatic carbocycles. The smallest absolute Gasteiger partial charge is 0.0449 e. The molecule has 0 aromatic heterocycles. The van der Waals surface area contributed by atoms with E-state index in [4.69, 9.17) is 11.6 Å². The van der Waals surface area contributed by atoms with Crippen LogP contribution in [0.25, 0.3) is 0 Å². The Bertz CT molecular complexity index is 312. The Labute approximate surface area is 102 Å². The fraction of sp³-hybridized carbons (Fsp3) is 0.500. The maximum atomic E-state index is 6.21. The van der Waals surface area contributed by atoms with Crippen molar-refractivity contribution in [3.05, 3.63) is 28.8 Å². The lowest BCUT2D eigenvalue weighted by Crippen LogP contribution is -2.11. The Morgan fingerprint density at radius 2 is 2.13 bits per heavy atom. The summed E-state index contributed by atoms with van der Waals surface area (Å²) in [5.41, 5.74) is 1.27. The van der Waals surface area contributed by atoms with Gasteiger partial charge in [0.05, 0.1) is 0 Å². The highest BCUT2D eigenvalue weighted by Crippen LogP contribution is 2.31. The van der Waals surface area contributed by atoms with Crippen molar-refractivity contribution in [2.45, 2.75) is 30.4 Å². The van der Waals surface area contributed by atoms with Gasteiger partial charge in [-0.25, -0.2) is 0 Å². The molecule has 0 fully saturated rings. The number of benzene rings is 1. The van der Waals surface area contributed by atoms with E-state index in [1.807, 2.05) is 30.9 Å². The lowest BCUT2D eigenvalue weighted by molar-refractivity contribution is 0.783. The lowest BCUT2D eigenvalue weighted by atomic mass is 10.1. The van der Waals surface area contributed by atoms with Crippen LogP contribution in [0.5, 0.6) is 0 Å². The molecule has 1 rings (SSSR count). The van der Waals surface area contributed by atoms with Gasteiger partial charge in [-0.3, -0.25) is 0 Å². The van der Waals surface area contributed by atoms with Crippen molar-refractivity contribution < 1.29 is 0 Å². The van der Waals surface area contributed by atoms with E-state index in [2.05, 4.69) is 25.2 Å².